The van der Waals surface area contributed by atoms with E-state index < -0.39 is 5.41 Å². The highest BCUT2D eigenvalue weighted by Gasteiger charge is 2.23. The summed E-state index contributed by atoms with van der Waals surface area (Å²) in [5, 5.41) is 0. The standard InChI is InChI=1S/C8H16O3.CH4/c1-7(9)8(2,3)5-11-6-10-4;/h5-6H2,1-4H3;1H4. The fourth-order valence-electron chi connectivity index (χ4n) is 0.482. The van der Waals surface area contributed by atoms with Gasteiger partial charge in [0, 0.05) is 12.5 Å². The first-order valence-electron chi connectivity index (χ1n) is 3.58. The zero-order valence-corrected chi connectivity index (χ0v) is 7.64. The smallest absolute Gasteiger partial charge is 0.146 e. The summed E-state index contributed by atoms with van der Waals surface area (Å²) in [4.78, 5) is 10.9. The van der Waals surface area contributed by atoms with E-state index in [1.807, 2.05) is 13.8 Å². The number of methoxy groups -OCH3 is 1. The Morgan fingerprint density at radius 3 is 2.25 bits per heavy atom. The van der Waals surface area contributed by atoms with E-state index in [1.165, 1.54) is 0 Å². The maximum absolute atomic E-state index is 10.9. The molecule has 0 radical (unpaired) electrons. The molecule has 0 fully saturated rings. The largest absolute Gasteiger partial charge is 0.359 e. The van der Waals surface area contributed by atoms with Crippen LogP contribution in [-0.4, -0.2) is 26.3 Å². The molecular formula is C9H20O3. The Morgan fingerprint density at radius 1 is 1.42 bits per heavy atom. The second-order valence-electron chi connectivity index (χ2n) is 3.20. The number of carbonyl (C=O) groups is 1. The summed E-state index contributed by atoms with van der Waals surface area (Å²) in [6, 6.07) is 0. The SMILES string of the molecule is C.COCOCC(C)(C)C(C)=O. The summed E-state index contributed by atoms with van der Waals surface area (Å²) < 4.78 is 9.75. The molecule has 0 aromatic carbocycles. The van der Waals surface area contributed by atoms with Crippen molar-refractivity contribution in [3.05, 3.63) is 0 Å². The molecule has 0 aromatic heterocycles. The molecule has 0 N–H and O–H groups in total. The molecule has 0 saturated carbocycles. The van der Waals surface area contributed by atoms with Crippen LogP contribution in [0.2, 0.25) is 0 Å². The Morgan fingerprint density at radius 2 is 1.92 bits per heavy atom. The van der Waals surface area contributed by atoms with Crippen molar-refractivity contribution in [1.82, 2.24) is 0 Å². The van der Waals surface area contributed by atoms with Crippen LogP contribution in [0.15, 0.2) is 0 Å². The van der Waals surface area contributed by atoms with Crippen molar-refractivity contribution in [3.8, 4) is 0 Å². The molecule has 0 heterocycles. The Bertz CT molecular complexity index is 130. The number of Topliss-reactive ketones (excluding diaryl/α,β-unsaturated/α-hetero) is 1. The molecule has 0 atom stereocenters. The van der Waals surface area contributed by atoms with Gasteiger partial charge in [0.25, 0.3) is 0 Å². The first-order chi connectivity index (χ1) is 5.00. The van der Waals surface area contributed by atoms with E-state index in [0.29, 0.717) is 6.61 Å². The molecule has 0 saturated heterocycles. The molecule has 0 aliphatic heterocycles. The van der Waals surface area contributed by atoms with Crippen molar-refractivity contribution in [2.24, 2.45) is 5.41 Å². The third-order valence-corrected chi connectivity index (χ3v) is 1.62. The summed E-state index contributed by atoms with van der Waals surface area (Å²) >= 11 is 0. The van der Waals surface area contributed by atoms with Crippen molar-refractivity contribution in [2.45, 2.75) is 28.2 Å². The van der Waals surface area contributed by atoms with Gasteiger partial charge in [0.05, 0.1) is 6.61 Å². The minimum atomic E-state index is -0.390. The average molecular weight is 176 g/mol. The Kier molecular flexibility index (Phi) is 7.24. The van der Waals surface area contributed by atoms with Gasteiger partial charge in [0.1, 0.15) is 12.6 Å². The summed E-state index contributed by atoms with van der Waals surface area (Å²) in [5.74, 6) is 0.133. The third-order valence-electron chi connectivity index (χ3n) is 1.62. The van der Waals surface area contributed by atoms with E-state index in [2.05, 4.69) is 4.74 Å². The maximum atomic E-state index is 10.9. The second kappa shape index (κ2) is 6.14. The van der Waals surface area contributed by atoms with Gasteiger partial charge >= 0.3 is 0 Å². The zero-order chi connectivity index (χ0) is 8.91. The van der Waals surface area contributed by atoms with Gasteiger partial charge in [0.15, 0.2) is 0 Å². The summed E-state index contributed by atoms with van der Waals surface area (Å²) in [7, 11) is 1.56. The van der Waals surface area contributed by atoms with Crippen LogP contribution in [0.3, 0.4) is 0 Å². The number of hydrogen-bond donors (Lipinski definition) is 0. The van der Waals surface area contributed by atoms with Crippen molar-refractivity contribution < 1.29 is 14.3 Å². The van der Waals surface area contributed by atoms with Crippen LogP contribution in [0.4, 0.5) is 0 Å². The van der Waals surface area contributed by atoms with E-state index in [-0.39, 0.29) is 20.0 Å². The van der Waals surface area contributed by atoms with Crippen LogP contribution in [-0.2, 0) is 14.3 Å². The average Bonchev–Trinajstić information content (AvgIpc) is 1.88. The van der Waals surface area contributed by atoms with Gasteiger partial charge in [-0.2, -0.15) is 0 Å². The van der Waals surface area contributed by atoms with E-state index in [9.17, 15) is 4.79 Å². The van der Waals surface area contributed by atoms with Crippen LogP contribution in [0.25, 0.3) is 0 Å². The number of rotatable bonds is 5. The van der Waals surface area contributed by atoms with Gasteiger partial charge in [-0.1, -0.05) is 21.3 Å². The number of carbonyl (C=O) groups excluding carboxylic acids is 1. The predicted molar refractivity (Wildman–Crippen MR) is 49.0 cm³/mol. The van der Waals surface area contributed by atoms with Crippen molar-refractivity contribution in [1.29, 1.82) is 0 Å². The zero-order valence-electron chi connectivity index (χ0n) is 7.64. The van der Waals surface area contributed by atoms with Crippen molar-refractivity contribution in [2.75, 3.05) is 20.5 Å². The van der Waals surface area contributed by atoms with Crippen LogP contribution >= 0.6 is 0 Å². The quantitative estimate of drug-likeness (QED) is 0.474. The van der Waals surface area contributed by atoms with Crippen LogP contribution in [0.1, 0.15) is 28.2 Å². The molecule has 3 nitrogen and oxygen atoms in total. The topological polar surface area (TPSA) is 35.5 Å². The molecule has 0 aliphatic rings. The fourth-order valence-corrected chi connectivity index (χ4v) is 0.482. The van der Waals surface area contributed by atoms with Crippen molar-refractivity contribution in [3.63, 3.8) is 0 Å². The lowest BCUT2D eigenvalue weighted by molar-refractivity contribution is -0.131. The number of ketones is 1. The van der Waals surface area contributed by atoms with Crippen molar-refractivity contribution >= 4 is 5.78 Å². The van der Waals surface area contributed by atoms with Gasteiger partial charge in [-0.05, 0) is 6.92 Å². The van der Waals surface area contributed by atoms with E-state index in [4.69, 9.17) is 4.74 Å². The molecule has 0 aliphatic carbocycles. The Hall–Kier alpha value is -0.410. The number of ether oxygens (including phenoxy) is 2. The molecule has 74 valence electrons. The molecule has 12 heavy (non-hydrogen) atoms. The van der Waals surface area contributed by atoms with Crippen LogP contribution in [0, 0.1) is 5.41 Å². The Balaban J connectivity index is 0. The summed E-state index contributed by atoms with van der Waals surface area (Å²) in [6.45, 7) is 5.93. The van der Waals surface area contributed by atoms with Gasteiger partial charge in [0.2, 0.25) is 0 Å². The van der Waals surface area contributed by atoms with E-state index in [0.717, 1.165) is 0 Å². The van der Waals surface area contributed by atoms with E-state index in [1.54, 1.807) is 14.0 Å². The molecule has 0 bridgehead atoms. The Labute approximate surface area is 75.1 Å². The first-order valence-corrected chi connectivity index (χ1v) is 3.58. The third kappa shape index (κ3) is 5.27. The molecule has 0 aromatic rings. The monoisotopic (exact) mass is 176 g/mol. The van der Waals surface area contributed by atoms with Crippen LogP contribution < -0.4 is 0 Å². The fraction of sp³-hybridized carbons (Fsp3) is 0.889. The number of hydrogen-bond acceptors (Lipinski definition) is 3. The van der Waals surface area contributed by atoms with Gasteiger partial charge in [-0.15, -0.1) is 0 Å². The molecule has 0 rings (SSSR count). The molecular weight excluding hydrogens is 156 g/mol. The summed E-state index contributed by atoms with van der Waals surface area (Å²) in [5.41, 5.74) is -0.390. The highest BCUT2D eigenvalue weighted by atomic mass is 16.7. The lowest BCUT2D eigenvalue weighted by Gasteiger charge is -2.20. The van der Waals surface area contributed by atoms with Gasteiger partial charge < -0.3 is 9.47 Å². The maximum Gasteiger partial charge on any atom is 0.146 e. The second-order valence-corrected chi connectivity index (χ2v) is 3.20. The minimum Gasteiger partial charge on any atom is -0.359 e. The van der Waals surface area contributed by atoms with Gasteiger partial charge in [-0.3, -0.25) is 4.79 Å². The summed E-state index contributed by atoms with van der Waals surface area (Å²) in [6.07, 6.45) is 0. The highest BCUT2D eigenvalue weighted by molar-refractivity contribution is 5.81. The predicted octanol–water partition coefficient (Wildman–Crippen LogP) is 1.86. The molecule has 0 unspecified atom stereocenters. The highest BCUT2D eigenvalue weighted by Crippen LogP contribution is 2.16. The minimum absolute atomic E-state index is 0. The van der Waals surface area contributed by atoms with Gasteiger partial charge in [-0.25, -0.2) is 0 Å². The molecule has 0 spiro atoms. The normalized spacial score (nSPS) is 10.7. The molecule has 0 amide bonds. The first kappa shape index (κ1) is 14.1. The van der Waals surface area contributed by atoms with Crippen LogP contribution in [0.5, 0.6) is 0 Å². The molecule has 3 heteroatoms. The lowest BCUT2D eigenvalue weighted by atomic mass is 9.90. The van der Waals surface area contributed by atoms with E-state index >= 15 is 0 Å². The lowest BCUT2D eigenvalue weighted by Crippen LogP contribution is -2.27.